The molecule has 82 valence electrons. The Morgan fingerprint density at radius 3 is 2.87 bits per heavy atom. The summed E-state index contributed by atoms with van der Waals surface area (Å²) in [7, 11) is 0. The third-order valence-electron chi connectivity index (χ3n) is 1.91. The minimum atomic E-state index is -0.128. The van der Waals surface area contributed by atoms with Gasteiger partial charge in [0.15, 0.2) is 0 Å². The smallest absolute Gasteiger partial charge is 0.243 e. The number of benzene rings is 1. The molecule has 0 spiro atoms. The summed E-state index contributed by atoms with van der Waals surface area (Å²) in [5, 5.41) is 0.696. The van der Waals surface area contributed by atoms with Gasteiger partial charge in [-0.1, -0.05) is 29.8 Å². The van der Waals surface area contributed by atoms with E-state index in [1.807, 2.05) is 31.2 Å². The third-order valence-corrected chi connectivity index (χ3v) is 2.28. The van der Waals surface area contributed by atoms with Crippen LogP contribution in [0.5, 0.6) is 0 Å². The molecule has 0 unspecified atom stereocenters. The van der Waals surface area contributed by atoms with E-state index in [2.05, 4.69) is 5.48 Å². The highest BCUT2D eigenvalue weighted by Crippen LogP contribution is 2.16. The van der Waals surface area contributed by atoms with Crippen LogP contribution in [0.25, 0.3) is 0 Å². The fraction of sp³-hybridized carbons (Fsp3) is 0.364. The zero-order valence-corrected chi connectivity index (χ0v) is 9.38. The van der Waals surface area contributed by atoms with Gasteiger partial charge in [0.1, 0.15) is 0 Å². The Hall–Kier alpha value is -1.06. The monoisotopic (exact) mass is 227 g/mol. The lowest BCUT2D eigenvalue weighted by Crippen LogP contribution is -2.23. The molecule has 0 saturated carbocycles. The second-order valence-corrected chi connectivity index (χ2v) is 3.46. The van der Waals surface area contributed by atoms with Crippen LogP contribution in [-0.4, -0.2) is 12.5 Å². The van der Waals surface area contributed by atoms with Crippen LogP contribution in [0.1, 0.15) is 18.9 Å². The summed E-state index contributed by atoms with van der Waals surface area (Å²) in [5.41, 5.74) is 3.32. The molecule has 0 aromatic heterocycles. The summed E-state index contributed by atoms with van der Waals surface area (Å²) < 4.78 is 0. The molecular formula is C11H14ClNO2. The number of halogens is 1. The van der Waals surface area contributed by atoms with E-state index >= 15 is 0 Å². The lowest BCUT2D eigenvalue weighted by atomic mass is 10.1. The third kappa shape index (κ3) is 4.32. The standard InChI is InChI=1S/C11H14ClNO2/c1-2-15-13-11(14)8-7-9-5-3-4-6-10(9)12/h3-6H,2,7-8H2,1H3,(H,13,14). The van der Waals surface area contributed by atoms with Gasteiger partial charge < -0.3 is 0 Å². The average Bonchev–Trinajstić information content (AvgIpc) is 2.25. The maximum atomic E-state index is 11.2. The van der Waals surface area contributed by atoms with Crippen LogP contribution in [0.15, 0.2) is 24.3 Å². The minimum Gasteiger partial charge on any atom is -0.274 e. The lowest BCUT2D eigenvalue weighted by molar-refractivity contribution is -0.133. The Labute approximate surface area is 94.3 Å². The Balaban J connectivity index is 2.37. The van der Waals surface area contributed by atoms with Crippen molar-refractivity contribution in [1.82, 2.24) is 5.48 Å². The van der Waals surface area contributed by atoms with E-state index in [-0.39, 0.29) is 5.91 Å². The number of aryl methyl sites for hydroxylation is 1. The topological polar surface area (TPSA) is 38.3 Å². The Morgan fingerprint density at radius 2 is 2.20 bits per heavy atom. The molecule has 0 atom stereocenters. The van der Waals surface area contributed by atoms with Crippen molar-refractivity contribution in [3.05, 3.63) is 34.9 Å². The van der Waals surface area contributed by atoms with Gasteiger partial charge in [0.2, 0.25) is 5.91 Å². The molecule has 3 nitrogen and oxygen atoms in total. The molecule has 1 aromatic carbocycles. The van der Waals surface area contributed by atoms with E-state index in [4.69, 9.17) is 16.4 Å². The molecule has 1 N–H and O–H groups in total. The van der Waals surface area contributed by atoms with Crippen molar-refractivity contribution in [2.75, 3.05) is 6.61 Å². The van der Waals surface area contributed by atoms with Crippen molar-refractivity contribution >= 4 is 17.5 Å². The molecule has 0 heterocycles. The number of hydrogen-bond donors (Lipinski definition) is 1. The van der Waals surface area contributed by atoms with Gasteiger partial charge in [-0.3, -0.25) is 9.63 Å². The molecule has 0 aliphatic rings. The summed E-state index contributed by atoms with van der Waals surface area (Å²) in [4.78, 5) is 16.0. The first kappa shape index (κ1) is 12.0. The van der Waals surface area contributed by atoms with Crippen LogP contribution in [0.2, 0.25) is 5.02 Å². The van der Waals surface area contributed by atoms with Gasteiger partial charge in [-0.05, 0) is 25.0 Å². The highest BCUT2D eigenvalue weighted by Gasteiger charge is 2.03. The summed E-state index contributed by atoms with van der Waals surface area (Å²) in [6, 6.07) is 7.50. The predicted molar refractivity (Wildman–Crippen MR) is 59.5 cm³/mol. The summed E-state index contributed by atoms with van der Waals surface area (Å²) in [6.45, 7) is 2.28. The average molecular weight is 228 g/mol. The first-order valence-corrected chi connectivity index (χ1v) is 5.26. The highest BCUT2D eigenvalue weighted by molar-refractivity contribution is 6.31. The van der Waals surface area contributed by atoms with E-state index in [1.165, 1.54) is 0 Å². The first-order chi connectivity index (χ1) is 7.24. The van der Waals surface area contributed by atoms with Crippen LogP contribution >= 0.6 is 11.6 Å². The fourth-order valence-electron chi connectivity index (χ4n) is 1.15. The molecule has 1 rings (SSSR count). The zero-order chi connectivity index (χ0) is 11.1. The minimum absolute atomic E-state index is 0.128. The quantitative estimate of drug-likeness (QED) is 0.785. The van der Waals surface area contributed by atoms with Crippen LogP contribution in [0.3, 0.4) is 0 Å². The Kier molecular flexibility index (Phi) is 5.15. The van der Waals surface area contributed by atoms with Crippen molar-refractivity contribution in [3.8, 4) is 0 Å². The molecule has 0 aliphatic heterocycles. The van der Waals surface area contributed by atoms with Crippen molar-refractivity contribution in [1.29, 1.82) is 0 Å². The normalized spacial score (nSPS) is 10.0. The van der Waals surface area contributed by atoms with Crippen molar-refractivity contribution in [3.63, 3.8) is 0 Å². The zero-order valence-electron chi connectivity index (χ0n) is 8.63. The van der Waals surface area contributed by atoms with E-state index in [0.717, 1.165) is 5.56 Å². The van der Waals surface area contributed by atoms with Crippen LogP contribution in [-0.2, 0) is 16.1 Å². The van der Waals surface area contributed by atoms with Crippen LogP contribution in [0.4, 0.5) is 0 Å². The van der Waals surface area contributed by atoms with Crippen molar-refractivity contribution < 1.29 is 9.63 Å². The van der Waals surface area contributed by atoms with E-state index in [1.54, 1.807) is 0 Å². The van der Waals surface area contributed by atoms with Crippen LogP contribution in [0, 0.1) is 0 Å². The Morgan fingerprint density at radius 1 is 1.47 bits per heavy atom. The number of carbonyl (C=O) groups is 1. The fourth-order valence-corrected chi connectivity index (χ4v) is 1.38. The van der Waals surface area contributed by atoms with Gasteiger partial charge in [0.25, 0.3) is 0 Å². The SMILES string of the molecule is CCONC(=O)CCc1ccccc1Cl. The largest absolute Gasteiger partial charge is 0.274 e. The molecule has 0 bridgehead atoms. The summed E-state index contributed by atoms with van der Waals surface area (Å²) in [5.74, 6) is -0.128. The number of amides is 1. The molecule has 0 radical (unpaired) electrons. The van der Waals surface area contributed by atoms with Gasteiger partial charge in [-0.25, -0.2) is 5.48 Å². The van der Waals surface area contributed by atoms with E-state index < -0.39 is 0 Å². The molecule has 1 aromatic rings. The number of hydroxylamine groups is 1. The second kappa shape index (κ2) is 6.43. The number of nitrogens with one attached hydrogen (secondary N) is 1. The van der Waals surface area contributed by atoms with Crippen molar-refractivity contribution in [2.24, 2.45) is 0 Å². The molecule has 4 heteroatoms. The van der Waals surface area contributed by atoms with E-state index in [0.29, 0.717) is 24.5 Å². The van der Waals surface area contributed by atoms with Crippen LogP contribution < -0.4 is 5.48 Å². The molecule has 1 amide bonds. The number of rotatable bonds is 5. The van der Waals surface area contributed by atoms with Gasteiger partial charge in [-0.2, -0.15) is 0 Å². The van der Waals surface area contributed by atoms with Crippen molar-refractivity contribution in [2.45, 2.75) is 19.8 Å². The predicted octanol–water partition coefficient (Wildman–Crippen LogP) is 2.34. The summed E-state index contributed by atoms with van der Waals surface area (Å²) in [6.07, 6.45) is 1.00. The Bertz CT molecular complexity index is 328. The highest BCUT2D eigenvalue weighted by atomic mass is 35.5. The lowest BCUT2D eigenvalue weighted by Gasteiger charge is -2.04. The number of carbonyl (C=O) groups excluding carboxylic acids is 1. The second-order valence-electron chi connectivity index (χ2n) is 3.05. The van der Waals surface area contributed by atoms with Gasteiger partial charge in [0, 0.05) is 11.4 Å². The number of hydrogen-bond acceptors (Lipinski definition) is 2. The maximum absolute atomic E-state index is 11.2. The first-order valence-electron chi connectivity index (χ1n) is 4.88. The molecule has 15 heavy (non-hydrogen) atoms. The summed E-state index contributed by atoms with van der Waals surface area (Å²) >= 11 is 5.95. The maximum Gasteiger partial charge on any atom is 0.243 e. The molecule has 0 saturated heterocycles. The van der Waals surface area contributed by atoms with E-state index in [9.17, 15) is 4.79 Å². The molecular weight excluding hydrogens is 214 g/mol. The van der Waals surface area contributed by atoms with Gasteiger partial charge in [-0.15, -0.1) is 0 Å². The molecule has 0 fully saturated rings. The van der Waals surface area contributed by atoms with Gasteiger partial charge in [0.05, 0.1) is 6.61 Å². The molecule has 0 aliphatic carbocycles. The van der Waals surface area contributed by atoms with Gasteiger partial charge >= 0.3 is 0 Å².